The smallest absolute Gasteiger partial charge is 0.106 e. The standard InChI is InChI=1S/C14H19BrN2OS/c1-9(18)10-4-6-17(7-5-10)13-8-11(15)2-3-12(13)14(16)19/h2-3,8-10,18H,4-7H2,1H3,(H2,16,19). The van der Waals surface area contributed by atoms with E-state index in [4.69, 9.17) is 18.0 Å². The minimum Gasteiger partial charge on any atom is -0.393 e. The van der Waals surface area contributed by atoms with Crippen LogP contribution in [0.25, 0.3) is 0 Å². The maximum absolute atomic E-state index is 9.65. The molecule has 2 rings (SSSR count). The number of piperidine rings is 1. The van der Waals surface area contributed by atoms with Gasteiger partial charge in [0.1, 0.15) is 4.99 Å². The Bertz CT molecular complexity index is 471. The number of benzene rings is 1. The van der Waals surface area contributed by atoms with Crippen molar-refractivity contribution in [3.8, 4) is 0 Å². The lowest BCUT2D eigenvalue weighted by Crippen LogP contribution is -2.38. The van der Waals surface area contributed by atoms with Crippen LogP contribution in [0, 0.1) is 5.92 Å². The Morgan fingerprint density at radius 1 is 1.47 bits per heavy atom. The van der Waals surface area contributed by atoms with Gasteiger partial charge in [0.05, 0.1) is 6.10 Å². The molecule has 1 saturated heterocycles. The highest BCUT2D eigenvalue weighted by atomic mass is 79.9. The zero-order chi connectivity index (χ0) is 14.0. The molecule has 0 aliphatic carbocycles. The molecule has 0 radical (unpaired) electrons. The summed E-state index contributed by atoms with van der Waals surface area (Å²) in [4.78, 5) is 2.73. The van der Waals surface area contributed by atoms with Crippen molar-refractivity contribution in [1.82, 2.24) is 0 Å². The predicted octanol–water partition coefficient (Wildman–Crippen LogP) is 2.68. The van der Waals surface area contributed by atoms with Crippen LogP contribution in [0.3, 0.4) is 0 Å². The second-order valence-corrected chi connectivity index (χ2v) is 6.45. The van der Waals surface area contributed by atoms with Crippen molar-refractivity contribution in [2.75, 3.05) is 18.0 Å². The third-order valence-corrected chi connectivity index (χ3v) is 4.50. The predicted molar refractivity (Wildman–Crippen MR) is 86.6 cm³/mol. The topological polar surface area (TPSA) is 49.5 Å². The molecule has 0 bridgehead atoms. The summed E-state index contributed by atoms with van der Waals surface area (Å²) in [6.07, 6.45) is 1.78. The first-order valence-corrected chi connectivity index (χ1v) is 7.71. The molecule has 3 N–H and O–H groups in total. The Morgan fingerprint density at radius 2 is 2.11 bits per heavy atom. The zero-order valence-electron chi connectivity index (χ0n) is 11.0. The van der Waals surface area contributed by atoms with E-state index >= 15 is 0 Å². The van der Waals surface area contributed by atoms with Crippen LogP contribution in [0.4, 0.5) is 5.69 Å². The largest absolute Gasteiger partial charge is 0.393 e. The van der Waals surface area contributed by atoms with Gasteiger partial charge in [0.2, 0.25) is 0 Å². The highest BCUT2D eigenvalue weighted by molar-refractivity contribution is 9.10. The number of anilines is 1. The van der Waals surface area contributed by atoms with Crippen LogP contribution in [0.5, 0.6) is 0 Å². The van der Waals surface area contributed by atoms with E-state index in [1.165, 1.54) is 0 Å². The van der Waals surface area contributed by atoms with Gasteiger partial charge >= 0.3 is 0 Å². The molecule has 104 valence electrons. The molecular weight excluding hydrogens is 324 g/mol. The fourth-order valence-corrected chi connectivity index (χ4v) is 3.12. The SMILES string of the molecule is CC(O)C1CCN(c2cc(Br)ccc2C(N)=S)CC1. The lowest BCUT2D eigenvalue weighted by molar-refractivity contribution is 0.110. The van der Waals surface area contributed by atoms with Crippen molar-refractivity contribution < 1.29 is 5.11 Å². The molecule has 1 heterocycles. The van der Waals surface area contributed by atoms with Crippen LogP contribution < -0.4 is 10.6 Å². The molecular formula is C14H19BrN2OS. The molecule has 3 nitrogen and oxygen atoms in total. The number of halogens is 1. The summed E-state index contributed by atoms with van der Waals surface area (Å²) in [5.74, 6) is 0.400. The third kappa shape index (κ3) is 3.46. The quantitative estimate of drug-likeness (QED) is 0.829. The van der Waals surface area contributed by atoms with E-state index in [1.807, 2.05) is 19.1 Å². The molecule has 1 aromatic carbocycles. The van der Waals surface area contributed by atoms with Gasteiger partial charge in [-0.3, -0.25) is 0 Å². The number of hydrogen-bond donors (Lipinski definition) is 2. The van der Waals surface area contributed by atoms with Gasteiger partial charge in [-0.1, -0.05) is 28.1 Å². The van der Waals surface area contributed by atoms with Crippen LogP contribution in [0.1, 0.15) is 25.3 Å². The summed E-state index contributed by atoms with van der Waals surface area (Å²) in [7, 11) is 0. The summed E-state index contributed by atoms with van der Waals surface area (Å²) in [6, 6.07) is 5.99. The van der Waals surface area contributed by atoms with Gasteiger partial charge in [0, 0.05) is 28.8 Å². The maximum Gasteiger partial charge on any atom is 0.106 e. The van der Waals surface area contributed by atoms with E-state index in [1.54, 1.807) is 0 Å². The molecule has 1 fully saturated rings. The molecule has 0 spiro atoms. The number of nitrogens with zero attached hydrogens (tertiary/aromatic N) is 1. The Kier molecular flexibility index (Phi) is 4.81. The van der Waals surface area contributed by atoms with Crippen LogP contribution in [-0.2, 0) is 0 Å². The van der Waals surface area contributed by atoms with Crippen molar-refractivity contribution in [1.29, 1.82) is 0 Å². The molecule has 0 saturated carbocycles. The number of thiocarbonyl (C=S) groups is 1. The minimum absolute atomic E-state index is 0.222. The number of aliphatic hydroxyl groups excluding tert-OH is 1. The molecule has 1 aromatic rings. The first-order valence-electron chi connectivity index (χ1n) is 6.51. The van der Waals surface area contributed by atoms with E-state index < -0.39 is 0 Å². The van der Waals surface area contributed by atoms with E-state index in [-0.39, 0.29) is 6.10 Å². The molecule has 1 aliphatic heterocycles. The van der Waals surface area contributed by atoms with Crippen molar-refractivity contribution in [3.05, 3.63) is 28.2 Å². The van der Waals surface area contributed by atoms with Crippen molar-refractivity contribution >= 4 is 38.8 Å². The van der Waals surface area contributed by atoms with Crippen LogP contribution in [0.15, 0.2) is 22.7 Å². The summed E-state index contributed by atoms with van der Waals surface area (Å²) < 4.78 is 1.03. The van der Waals surface area contributed by atoms with E-state index in [9.17, 15) is 5.11 Å². The van der Waals surface area contributed by atoms with Gasteiger partial charge in [-0.15, -0.1) is 0 Å². The fourth-order valence-electron chi connectivity index (χ4n) is 2.60. The number of rotatable bonds is 3. The van der Waals surface area contributed by atoms with Gasteiger partial charge in [0.25, 0.3) is 0 Å². The molecule has 1 unspecified atom stereocenters. The molecule has 1 atom stereocenters. The van der Waals surface area contributed by atoms with E-state index in [0.717, 1.165) is 41.7 Å². The molecule has 0 aromatic heterocycles. The summed E-state index contributed by atoms with van der Waals surface area (Å²) in [5.41, 5.74) is 7.81. The van der Waals surface area contributed by atoms with Crippen LogP contribution in [-0.4, -0.2) is 29.3 Å². The summed E-state index contributed by atoms with van der Waals surface area (Å²) >= 11 is 8.62. The molecule has 0 amide bonds. The first kappa shape index (κ1) is 14.8. The van der Waals surface area contributed by atoms with Gasteiger partial charge in [-0.2, -0.15) is 0 Å². The van der Waals surface area contributed by atoms with E-state index in [0.29, 0.717) is 10.9 Å². The van der Waals surface area contributed by atoms with Crippen LogP contribution >= 0.6 is 28.1 Å². The zero-order valence-corrected chi connectivity index (χ0v) is 13.4. The number of hydrogen-bond acceptors (Lipinski definition) is 3. The van der Waals surface area contributed by atoms with Gasteiger partial charge in [-0.25, -0.2) is 0 Å². The number of nitrogens with two attached hydrogens (primary N) is 1. The van der Waals surface area contributed by atoms with Crippen molar-refractivity contribution in [3.63, 3.8) is 0 Å². The third-order valence-electron chi connectivity index (χ3n) is 3.79. The Hall–Kier alpha value is -0.650. The lowest BCUT2D eigenvalue weighted by atomic mass is 9.91. The highest BCUT2D eigenvalue weighted by Crippen LogP contribution is 2.30. The number of aliphatic hydroxyl groups is 1. The molecule has 1 aliphatic rings. The van der Waals surface area contributed by atoms with Gasteiger partial charge < -0.3 is 15.7 Å². The Balaban J connectivity index is 2.19. The highest BCUT2D eigenvalue weighted by Gasteiger charge is 2.24. The van der Waals surface area contributed by atoms with Crippen molar-refractivity contribution in [2.45, 2.75) is 25.9 Å². The summed E-state index contributed by atoms with van der Waals surface area (Å²) in [6.45, 7) is 3.74. The van der Waals surface area contributed by atoms with Gasteiger partial charge in [0.15, 0.2) is 0 Å². The second-order valence-electron chi connectivity index (χ2n) is 5.09. The lowest BCUT2D eigenvalue weighted by Gasteiger charge is -2.35. The average molecular weight is 343 g/mol. The Morgan fingerprint density at radius 3 is 2.63 bits per heavy atom. The molecule has 19 heavy (non-hydrogen) atoms. The van der Waals surface area contributed by atoms with Gasteiger partial charge in [-0.05, 0) is 43.9 Å². The monoisotopic (exact) mass is 342 g/mol. The average Bonchev–Trinajstić information content (AvgIpc) is 2.38. The first-order chi connectivity index (χ1) is 8.99. The fraction of sp³-hybridized carbons (Fsp3) is 0.500. The van der Waals surface area contributed by atoms with Crippen molar-refractivity contribution in [2.24, 2.45) is 11.7 Å². The Labute approximate surface area is 127 Å². The minimum atomic E-state index is -0.222. The second kappa shape index (κ2) is 6.20. The maximum atomic E-state index is 9.65. The van der Waals surface area contributed by atoms with Crippen LogP contribution in [0.2, 0.25) is 0 Å². The molecule has 5 heteroatoms. The normalized spacial score (nSPS) is 18.4. The van der Waals surface area contributed by atoms with E-state index in [2.05, 4.69) is 26.9 Å². The summed E-state index contributed by atoms with van der Waals surface area (Å²) in [5, 5.41) is 9.65.